The number of esters is 1. The molecule has 0 saturated carbocycles. The number of hydrogen-bond acceptors (Lipinski definition) is 6. The molecule has 0 unspecified atom stereocenters. The van der Waals surface area contributed by atoms with Gasteiger partial charge >= 0.3 is 5.97 Å². The Morgan fingerprint density at radius 1 is 1.00 bits per heavy atom. The van der Waals surface area contributed by atoms with Crippen LogP contribution in [0.3, 0.4) is 0 Å². The number of hydrogen-bond donors (Lipinski definition) is 0. The van der Waals surface area contributed by atoms with Gasteiger partial charge in [0, 0.05) is 17.2 Å². The molecule has 0 aromatic heterocycles. The van der Waals surface area contributed by atoms with Crippen molar-refractivity contribution < 1.29 is 28.5 Å². The lowest BCUT2D eigenvalue weighted by Crippen LogP contribution is -2.06. The molecule has 0 radical (unpaired) electrons. The quantitative estimate of drug-likeness (QED) is 0.541. The number of methoxy groups -OCH3 is 4. The Morgan fingerprint density at radius 3 is 1.91 bits per heavy atom. The van der Waals surface area contributed by atoms with Gasteiger partial charge < -0.3 is 23.7 Å². The Balaban J connectivity index is 3.31. The minimum Gasteiger partial charge on any atom is -0.493 e. The van der Waals surface area contributed by atoms with E-state index in [9.17, 15) is 4.79 Å². The van der Waals surface area contributed by atoms with E-state index in [1.54, 1.807) is 54.4 Å². The third kappa shape index (κ3) is 4.31. The summed E-state index contributed by atoms with van der Waals surface area (Å²) >= 11 is 0. The SMILES string of the molecule is CCOC(=O)/C(C)=C/Cc1c(OC)c(OC)cc(OC)c1OC. The van der Waals surface area contributed by atoms with E-state index in [0.29, 0.717) is 41.6 Å². The molecule has 0 aliphatic carbocycles. The first-order valence-corrected chi connectivity index (χ1v) is 7.23. The molecule has 0 spiro atoms. The van der Waals surface area contributed by atoms with Crippen LogP contribution in [0, 0.1) is 0 Å². The van der Waals surface area contributed by atoms with Crippen LogP contribution in [0.1, 0.15) is 19.4 Å². The standard InChI is InChI=1S/C17H24O6/c1-7-23-17(18)11(2)8-9-12-15(21-5)13(19-3)10-14(20-4)16(12)22-6/h8,10H,7,9H2,1-6H3/b11-8+. The van der Waals surface area contributed by atoms with Gasteiger partial charge in [0.2, 0.25) is 0 Å². The van der Waals surface area contributed by atoms with E-state index in [4.69, 9.17) is 23.7 Å². The molecule has 128 valence electrons. The van der Waals surface area contributed by atoms with Gasteiger partial charge in [-0.25, -0.2) is 4.79 Å². The fraction of sp³-hybridized carbons (Fsp3) is 0.471. The second-order valence-corrected chi connectivity index (χ2v) is 4.64. The molecule has 0 N–H and O–H groups in total. The van der Waals surface area contributed by atoms with Crippen molar-refractivity contribution in [2.24, 2.45) is 0 Å². The van der Waals surface area contributed by atoms with Gasteiger partial charge in [0.05, 0.1) is 35.0 Å². The van der Waals surface area contributed by atoms with Crippen molar-refractivity contribution in [2.75, 3.05) is 35.0 Å². The van der Waals surface area contributed by atoms with E-state index in [-0.39, 0.29) is 5.97 Å². The zero-order valence-corrected chi connectivity index (χ0v) is 14.5. The summed E-state index contributed by atoms with van der Waals surface area (Å²) in [6.45, 7) is 3.81. The van der Waals surface area contributed by atoms with Crippen LogP contribution >= 0.6 is 0 Å². The van der Waals surface area contributed by atoms with Crippen molar-refractivity contribution >= 4 is 5.97 Å². The lowest BCUT2D eigenvalue weighted by molar-refractivity contribution is -0.138. The summed E-state index contributed by atoms with van der Waals surface area (Å²) in [5.74, 6) is 1.79. The van der Waals surface area contributed by atoms with Crippen LogP contribution in [-0.2, 0) is 16.0 Å². The van der Waals surface area contributed by atoms with Gasteiger partial charge in [0.25, 0.3) is 0 Å². The molecule has 0 aliphatic rings. The second-order valence-electron chi connectivity index (χ2n) is 4.64. The van der Waals surface area contributed by atoms with E-state index < -0.39 is 0 Å². The molecule has 1 aromatic carbocycles. The summed E-state index contributed by atoms with van der Waals surface area (Å²) in [7, 11) is 6.20. The van der Waals surface area contributed by atoms with Gasteiger partial charge in [-0.3, -0.25) is 0 Å². The zero-order valence-electron chi connectivity index (χ0n) is 14.5. The lowest BCUT2D eigenvalue weighted by atomic mass is 10.1. The Bertz CT molecular complexity index is 547. The molecule has 0 heterocycles. The fourth-order valence-corrected chi connectivity index (χ4v) is 2.17. The third-order valence-corrected chi connectivity index (χ3v) is 3.32. The number of allylic oxidation sites excluding steroid dienone is 1. The van der Waals surface area contributed by atoms with Crippen molar-refractivity contribution in [1.29, 1.82) is 0 Å². The van der Waals surface area contributed by atoms with Crippen LogP contribution in [0.5, 0.6) is 23.0 Å². The van der Waals surface area contributed by atoms with Gasteiger partial charge in [0.15, 0.2) is 23.0 Å². The highest BCUT2D eigenvalue weighted by Gasteiger charge is 2.20. The van der Waals surface area contributed by atoms with Crippen molar-refractivity contribution in [2.45, 2.75) is 20.3 Å². The van der Waals surface area contributed by atoms with E-state index in [2.05, 4.69) is 0 Å². The van der Waals surface area contributed by atoms with Gasteiger partial charge in [0.1, 0.15) is 0 Å². The first kappa shape index (κ1) is 18.7. The average Bonchev–Trinajstić information content (AvgIpc) is 2.57. The summed E-state index contributed by atoms with van der Waals surface area (Å²) in [6, 6.07) is 1.70. The zero-order chi connectivity index (χ0) is 17.4. The summed E-state index contributed by atoms with van der Waals surface area (Å²) in [5, 5.41) is 0. The van der Waals surface area contributed by atoms with Gasteiger partial charge in [-0.2, -0.15) is 0 Å². The molecule has 0 aliphatic heterocycles. The lowest BCUT2D eigenvalue weighted by Gasteiger charge is -2.18. The van der Waals surface area contributed by atoms with E-state index in [0.717, 1.165) is 5.56 Å². The Morgan fingerprint density at radius 2 is 1.52 bits per heavy atom. The highest BCUT2D eigenvalue weighted by Crippen LogP contribution is 2.44. The summed E-state index contributed by atoms with van der Waals surface area (Å²) in [5.41, 5.74) is 1.24. The molecule has 6 nitrogen and oxygen atoms in total. The Kier molecular flexibility index (Phi) is 7.25. The molecule has 6 heteroatoms. The first-order valence-electron chi connectivity index (χ1n) is 7.23. The largest absolute Gasteiger partial charge is 0.493 e. The maximum absolute atomic E-state index is 11.7. The van der Waals surface area contributed by atoms with Crippen molar-refractivity contribution in [3.05, 3.63) is 23.3 Å². The van der Waals surface area contributed by atoms with E-state index in [1.165, 1.54) is 0 Å². The monoisotopic (exact) mass is 324 g/mol. The number of rotatable bonds is 8. The third-order valence-electron chi connectivity index (χ3n) is 3.32. The Hall–Kier alpha value is -2.37. The average molecular weight is 324 g/mol. The van der Waals surface area contributed by atoms with Crippen molar-refractivity contribution in [1.82, 2.24) is 0 Å². The maximum atomic E-state index is 11.7. The van der Waals surface area contributed by atoms with Crippen molar-refractivity contribution in [3.8, 4) is 23.0 Å². The number of carbonyl (C=O) groups is 1. The van der Waals surface area contributed by atoms with E-state index in [1.807, 2.05) is 0 Å². The number of benzene rings is 1. The van der Waals surface area contributed by atoms with Crippen LogP contribution in [0.15, 0.2) is 17.7 Å². The van der Waals surface area contributed by atoms with E-state index >= 15 is 0 Å². The first-order chi connectivity index (χ1) is 11.0. The normalized spacial score (nSPS) is 11.0. The molecule has 0 saturated heterocycles. The van der Waals surface area contributed by atoms with Crippen molar-refractivity contribution in [3.63, 3.8) is 0 Å². The minimum absolute atomic E-state index is 0.337. The molecule has 23 heavy (non-hydrogen) atoms. The number of carbonyl (C=O) groups excluding carboxylic acids is 1. The smallest absolute Gasteiger partial charge is 0.333 e. The molecule has 0 amide bonds. The van der Waals surface area contributed by atoms with Crippen LogP contribution in [0.2, 0.25) is 0 Å². The highest BCUT2D eigenvalue weighted by atomic mass is 16.5. The van der Waals surface area contributed by atoms with Gasteiger partial charge in [-0.05, 0) is 20.3 Å². The molecule has 0 atom stereocenters. The molecular formula is C17H24O6. The molecule has 0 bridgehead atoms. The maximum Gasteiger partial charge on any atom is 0.333 e. The fourth-order valence-electron chi connectivity index (χ4n) is 2.17. The van der Waals surface area contributed by atoms with Crippen LogP contribution < -0.4 is 18.9 Å². The predicted molar refractivity (Wildman–Crippen MR) is 86.7 cm³/mol. The second kappa shape index (κ2) is 8.92. The van der Waals surface area contributed by atoms with Gasteiger partial charge in [-0.1, -0.05) is 6.08 Å². The van der Waals surface area contributed by atoms with Crippen LogP contribution in [0.4, 0.5) is 0 Å². The topological polar surface area (TPSA) is 63.2 Å². The summed E-state index contributed by atoms with van der Waals surface area (Å²) in [4.78, 5) is 11.7. The molecule has 1 rings (SSSR count). The predicted octanol–water partition coefficient (Wildman–Crippen LogP) is 2.77. The molecule has 1 aromatic rings. The van der Waals surface area contributed by atoms with Crippen LogP contribution in [-0.4, -0.2) is 41.0 Å². The summed E-state index contributed by atoms with van der Waals surface area (Å²) in [6.07, 6.45) is 2.17. The summed E-state index contributed by atoms with van der Waals surface area (Å²) < 4.78 is 26.5. The number of ether oxygens (including phenoxy) is 5. The minimum atomic E-state index is -0.347. The van der Waals surface area contributed by atoms with Gasteiger partial charge in [-0.15, -0.1) is 0 Å². The van der Waals surface area contributed by atoms with Crippen LogP contribution in [0.25, 0.3) is 0 Å². The molecule has 0 fully saturated rings. The highest BCUT2D eigenvalue weighted by molar-refractivity contribution is 5.87. The Labute approximate surface area is 136 Å². The molecular weight excluding hydrogens is 300 g/mol.